The van der Waals surface area contributed by atoms with Crippen molar-refractivity contribution in [3.63, 3.8) is 0 Å². The minimum Gasteiger partial charge on any atom is -0.476 e. The van der Waals surface area contributed by atoms with Crippen LogP contribution in [0.15, 0.2) is 36.4 Å². The van der Waals surface area contributed by atoms with Crippen molar-refractivity contribution in [2.24, 2.45) is 0 Å². The number of carboxylic acids is 1. The van der Waals surface area contributed by atoms with E-state index in [0.29, 0.717) is 22.0 Å². The van der Waals surface area contributed by atoms with Crippen LogP contribution in [0.25, 0.3) is 10.9 Å². The lowest BCUT2D eigenvalue weighted by atomic mass is 10.1. The molecule has 0 saturated carbocycles. The monoisotopic (exact) mass is 334 g/mol. The third kappa shape index (κ3) is 2.91. The minimum absolute atomic E-state index is 0.0572. The van der Waals surface area contributed by atoms with E-state index in [9.17, 15) is 19.4 Å². The average molecular weight is 335 g/mol. The maximum atomic E-state index is 14.0. The van der Waals surface area contributed by atoms with Gasteiger partial charge in [0.15, 0.2) is 5.69 Å². The molecule has 3 rings (SSSR count). The van der Waals surface area contributed by atoms with Crippen LogP contribution in [0.5, 0.6) is 0 Å². The highest BCUT2D eigenvalue weighted by Gasteiger charge is 2.17. The summed E-state index contributed by atoms with van der Waals surface area (Å²) in [5.41, 5.74) is 1.36. The molecule has 3 aromatic rings. The maximum Gasteiger partial charge on any atom is 0.357 e. The number of aliphatic hydroxyl groups is 1. The predicted molar refractivity (Wildman–Crippen MR) is 83.1 cm³/mol. The number of hydrogen-bond acceptors (Lipinski definition) is 3. The van der Waals surface area contributed by atoms with Crippen molar-refractivity contribution in [3.05, 3.63) is 64.1 Å². The molecule has 2 aromatic carbocycles. The van der Waals surface area contributed by atoms with E-state index in [2.05, 4.69) is 5.10 Å². The molecule has 0 spiro atoms. The predicted octanol–water partition coefficient (Wildman–Crippen LogP) is 3.07. The molecule has 0 unspecified atom stereocenters. The molecule has 0 aliphatic carbocycles. The Morgan fingerprint density at radius 1 is 1.26 bits per heavy atom. The van der Waals surface area contributed by atoms with Crippen LogP contribution in [0.2, 0.25) is 5.02 Å². The van der Waals surface area contributed by atoms with E-state index in [1.54, 1.807) is 24.3 Å². The Labute approximate surface area is 135 Å². The molecule has 1 aromatic heterocycles. The van der Waals surface area contributed by atoms with E-state index in [0.717, 1.165) is 0 Å². The fraction of sp³-hybridized carbons (Fsp3) is 0.125. The highest BCUT2D eigenvalue weighted by Crippen LogP contribution is 2.23. The molecule has 1 heterocycles. The third-order valence-electron chi connectivity index (χ3n) is 3.54. The largest absolute Gasteiger partial charge is 0.476 e. The highest BCUT2D eigenvalue weighted by atomic mass is 35.5. The number of aliphatic hydroxyl groups excluding tert-OH is 1. The second-order valence-corrected chi connectivity index (χ2v) is 5.49. The first-order valence-corrected chi connectivity index (χ1v) is 7.15. The second kappa shape index (κ2) is 5.98. The van der Waals surface area contributed by atoms with Crippen molar-refractivity contribution in [3.8, 4) is 0 Å². The standard InChI is InChI=1S/C16H12ClFN2O3/c17-11-3-2-10(13(18)6-11)7-20-14-5-9(8-21)1-4-12(14)15(19-20)16(22)23/h1-6,21H,7-8H2,(H,22,23). The Hall–Kier alpha value is -2.44. The molecule has 118 valence electrons. The molecule has 0 bridgehead atoms. The van der Waals surface area contributed by atoms with Crippen LogP contribution >= 0.6 is 11.6 Å². The lowest BCUT2D eigenvalue weighted by molar-refractivity contribution is 0.0691. The number of aromatic carboxylic acids is 1. The van der Waals surface area contributed by atoms with Crippen molar-refractivity contribution in [1.29, 1.82) is 0 Å². The van der Waals surface area contributed by atoms with Crippen molar-refractivity contribution >= 4 is 28.5 Å². The number of rotatable bonds is 4. The number of carbonyl (C=O) groups is 1. The summed E-state index contributed by atoms with van der Waals surface area (Å²) < 4.78 is 15.4. The van der Waals surface area contributed by atoms with E-state index in [4.69, 9.17) is 11.6 Å². The van der Waals surface area contributed by atoms with Gasteiger partial charge in [0, 0.05) is 16.0 Å². The van der Waals surface area contributed by atoms with Crippen LogP contribution in [-0.4, -0.2) is 26.0 Å². The van der Waals surface area contributed by atoms with Gasteiger partial charge in [-0.25, -0.2) is 9.18 Å². The number of fused-ring (bicyclic) bond motifs is 1. The number of benzene rings is 2. The van der Waals surface area contributed by atoms with E-state index < -0.39 is 11.8 Å². The molecule has 0 fully saturated rings. The van der Waals surface area contributed by atoms with Gasteiger partial charge in [-0.05, 0) is 29.8 Å². The second-order valence-electron chi connectivity index (χ2n) is 5.06. The lowest BCUT2D eigenvalue weighted by Crippen LogP contribution is -2.06. The van der Waals surface area contributed by atoms with Crippen LogP contribution < -0.4 is 0 Å². The van der Waals surface area contributed by atoms with Gasteiger partial charge in [-0.15, -0.1) is 0 Å². The van der Waals surface area contributed by atoms with Crippen LogP contribution in [0.4, 0.5) is 4.39 Å². The van der Waals surface area contributed by atoms with Gasteiger partial charge < -0.3 is 10.2 Å². The van der Waals surface area contributed by atoms with Crippen molar-refractivity contribution in [1.82, 2.24) is 9.78 Å². The summed E-state index contributed by atoms with van der Waals surface area (Å²) in [6, 6.07) is 9.14. The van der Waals surface area contributed by atoms with Crippen LogP contribution in [0, 0.1) is 5.82 Å². The van der Waals surface area contributed by atoms with Gasteiger partial charge in [0.2, 0.25) is 0 Å². The summed E-state index contributed by atoms with van der Waals surface area (Å²) >= 11 is 5.73. The number of halogens is 2. The average Bonchev–Trinajstić information content (AvgIpc) is 2.88. The number of hydrogen-bond donors (Lipinski definition) is 2. The Bertz CT molecular complexity index is 908. The van der Waals surface area contributed by atoms with Gasteiger partial charge in [0.25, 0.3) is 0 Å². The fourth-order valence-electron chi connectivity index (χ4n) is 2.41. The van der Waals surface area contributed by atoms with Crippen LogP contribution in [-0.2, 0) is 13.2 Å². The normalized spacial score (nSPS) is 11.1. The van der Waals surface area contributed by atoms with Crippen molar-refractivity contribution < 1.29 is 19.4 Å². The van der Waals surface area contributed by atoms with Gasteiger partial charge >= 0.3 is 5.97 Å². The van der Waals surface area contributed by atoms with Gasteiger partial charge in [-0.1, -0.05) is 23.7 Å². The number of aromatic nitrogens is 2. The van der Waals surface area contributed by atoms with Crippen molar-refractivity contribution in [2.45, 2.75) is 13.2 Å². The first-order chi connectivity index (χ1) is 11.0. The smallest absolute Gasteiger partial charge is 0.357 e. The Balaban J connectivity index is 2.14. The molecule has 5 nitrogen and oxygen atoms in total. The molecule has 0 aliphatic rings. The summed E-state index contributed by atoms with van der Waals surface area (Å²) in [5.74, 6) is -1.65. The zero-order chi connectivity index (χ0) is 16.6. The van der Waals surface area contributed by atoms with Crippen molar-refractivity contribution in [2.75, 3.05) is 0 Å². The SMILES string of the molecule is O=C(O)c1nn(Cc2ccc(Cl)cc2F)c2cc(CO)ccc12. The zero-order valence-electron chi connectivity index (χ0n) is 11.8. The Morgan fingerprint density at radius 2 is 2.04 bits per heavy atom. The van der Waals surface area contributed by atoms with E-state index in [1.165, 1.54) is 16.8 Å². The van der Waals surface area contributed by atoms with Gasteiger partial charge in [0.05, 0.1) is 18.7 Å². The number of carboxylic acid groups (broad SMARTS) is 1. The van der Waals surface area contributed by atoms with Gasteiger partial charge in [-0.3, -0.25) is 4.68 Å². The van der Waals surface area contributed by atoms with Gasteiger partial charge in [0.1, 0.15) is 5.82 Å². The summed E-state index contributed by atoms with van der Waals surface area (Å²) in [7, 11) is 0. The first kappa shape index (κ1) is 15.5. The molecule has 7 heteroatoms. The van der Waals surface area contributed by atoms with Crippen LogP contribution in [0.3, 0.4) is 0 Å². The Morgan fingerprint density at radius 3 is 2.70 bits per heavy atom. The fourth-order valence-corrected chi connectivity index (χ4v) is 2.57. The molecule has 0 saturated heterocycles. The number of nitrogens with zero attached hydrogens (tertiary/aromatic N) is 2. The molecular weight excluding hydrogens is 323 g/mol. The van der Waals surface area contributed by atoms with E-state index >= 15 is 0 Å². The molecular formula is C16H12ClFN2O3. The summed E-state index contributed by atoms with van der Waals surface area (Å²) in [5, 5.41) is 23.3. The topological polar surface area (TPSA) is 75.3 Å². The maximum absolute atomic E-state index is 14.0. The minimum atomic E-state index is -1.16. The molecule has 0 atom stereocenters. The van der Waals surface area contributed by atoms with E-state index in [1.807, 2.05) is 0 Å². The molecule has 0 aliphatic heterocycles. The third-order valence-corrected chi connectivity index (χ3v) is 3.77. The highest BCUT2D eigenvalue weighted by molar-refractivity contribution is 6.30. The molecule has 2 N–H and O–H groups in total. The lowest BCUT2D eigenvalue weighted by Gasteiger charge is -2.06. The van der Waals surface area contributed by atoms with E-state index in [-0.39, 0.29) is 23.9 Å². The Kier molecular flexibility index (Phi) is 4.02. The summed E-state index contributed by atoms with van der Waals surface area (Å²) in [6.07, 6.45) is 0. The first-order valence-electron chi connectivity index (χ1n) is 6.77. The molecule has 0 amide bonds. The van der Waals surface area contributed by atoms with Gasteiger partial charge in [-0.2, -0.15) is 5.10 Å². The summed E-state index contributed by atoms with van der Waals surface area (Å²) in [4.78, 5) is 11.3. The quantitative estimate of drug-likeness (QED) is 0.769. The summed E-state index contributed by atoms with van der Waals surface area (Å²) in [6.45, 7) is -0.125. The van der Waals surface area contributed by atoms with Crippen LogP contribution in [0.1, 0.15) is 21.6 Å². The zero-order valence-corrected chi connectivity index (χ0v) is 12.6. The molecule has 0 radical (unpaired) electrons. The molecule has 23 heavy (non-hydrogen) atoms.